The Hall–Kier alpha value is -1.62. The molecule has 0 spiro atoms. The largest absolute Gasteiger partial charge is 0.348 e. The number of aryl methyl sites for hydroxylation is 1. The standard InChI is InChI=1S/C17H25N3O2/c1-11-8-15(12(2)20(11)14-6-7-14)16(21)9-19(3)10-17(22)18-13-4-5-13/h8,13-14H,4-7,9-10H2,1-3H3,(H,18,22)/p+1. The number of quaternary nitrogens is 1. The van der Waals surface area contributed by atoms with Crippen molar-refractivity contribution in [3.63, 3.8) is 0 Å². The fraction of sp³-hybridized carbons (Fsp3) is 0.647. The van der Waals surface area contributed by atoms with Gasteiger partial charge in [0, 0.05) is 29.0 Å². The Balaban J connectivity index is 1.59. The van der Waals surface area contributed by atoms with Crippen LogP contribution in [0, 0.1) is 13.8 Å². The second kappa shape index (κ2) is 5.88. The van der Waals surface area contributed by atoms with Crippen molar-refractivity contribution < 1.29 is 14.5 Å². The summed E-state index contributed by atoms with van der Waals surface area (Å²) in [4.78, 5) is 25.3. The van der Waals surface area contributed by atoms with Crippen molar-refractivity contribution in [3.8, 4) is 0 Å². The van der Waals surface area contributed by atoms with E-state index in [1.165, 1.54) is 18.5 Å². The zero-order chi connectivity index (χ0) is 15.9. The summed E-state index contributed by atoms with van der Waals surface area (Å²) in [6, 6.07) is 2.98. The minimum atomic E-state index is 0.0521. The summed E-state index contributed by atoms with van der Waals surface area (Å²) < 4.78 is 2.29. The number of amides is 1. The number of hydrogen-bond acceptors (Lipinski definition) is 2. The lowest BCUT2D eigenvalue weighted by atomic mass is 10.1. The first-order valence-electron chi connectivity index (χ1n) is 8.28. The van der Waals surface area contributed by atoms with Crippen molar-refractivity contribution in [3.05, 3.63) is 23.0 Å². The number of ketones is 1. The third-order valence-electron chi connectivity index (χ3n) is 4.56. The Morgan fingerprint density at radius 3 is 2.50 bits per heavy atom. The van der Waals surface area contributed by atoms with Gasteiger partial charge in [-0.05, 0) is 45.6 Å². The summed E-state index contributed by atoms with van der Waals surface area (Å²) in [5.74, 6) is 0.188. The van der Waals surface area contributed by atoms with Crippen molar-refractivity contribution in [1.82, 2.24) is 9.88 Å². The smallest absolute Gasteiger partial charge is 0.275 e. The van der Waals surface area contributed by atoms with E-state index in [2.05, 4.69) is 16.8 Å². The van der Waals surface area contributed by atoms with Crippen LogP contribution in [0.2, 0.25) is 0 Å². The van der Waals surface area contributed by atoms with Crippen molar-refractivity contribution in [2.75, 3.05) is 20.1 Å². The Morgan fingerprint density at radius 1 is 1.23 bits per heavy atom. The van der Waals surface area contributed by atoms with Crippen LogP contribution in [0.4, 0.5) is 0 Å². The molecule has 1 amide bonds. The molecule has 120 valence electrons. The van der Waals surface area contributed by atoms with Crippen LogP contribution in [0.25, 0.3) is 0 Å². The molecule has 2 fully saturated rings. The third-order valence-corrected chi connectivity index (χ3v) is 4.56. The summed E-state index contributed by atoms with van der Waals surface area (Å²) in [7, 11) is 1.91. The number of nitrogens with zero attached hydrogens (tertiary/aromatic N) is 1. The van der Waals surface area contributed by atoms with Gasteiger partial charge in [-0.3, -0.25) is 9.59 Å². The third kappa shape index (κ3) is 3.40. The molecule has 3 rings (SSSR count). The lowest BCUT2D eigenvalue weighted by Gasteiger charge is -2.13. The maximum atomic E-state index is 12.5. The molecular weight excluding hydrogens is 278 g/mol. The zero-order valence-corrected chi connectivity index (χ0v) is 13.7. The van der Waals surface area contributed by atoms with Gasteiger partial charge >= 0.3 is 0 Å². The molecule has 0 radical (unpaired) electrons. The molecule has 1 aromatic heterocycles. The second-order valence-corrected chi connectivity index (χ2v) is 6.96. The molecule has 0 aliphatic heterocycles. The van der Waals surface area contributed by atoms with Gasteiger partial charge < -0.3 is 14.8 Å². The first kappa shape index (κ1) is 15.3. The normalized spacial score (nSPS) is 19.0. The molecule has 5 heteroatoms. The van der Waals surface area contributed by atoms with E-state index in [0.29, 0.717) is 25.2 Å². The van der Waals surface area contributed by atoms with Crippen LogP contribution < -0.4 is 10.2 Å². The van der Waals surface area contributed by atoms with Crippen LogP contribution in [-0.4, -0.2) is 42.4 Å². The van der Waals surface area contributed by atoms with Crippen LogP contribution in [0.1, 0.15) is 53.5 Å². The molecule has 2 aliphatic carbocycles. The van der Waals surface area contributed by atoms with Gasteiger partial charge in [0.25, 0.3) is 5.91 Å². The molecular formula is C17H26N3O2+. The van der Waals surface area contributed by atoms with Crippen LogP contribution in [-0.2, 0) is 4.79 Å². The number of nitrogens with one attached hydrogen (secondary N) is 2. The van der Waals surface area contributed by atoms with Crippen molar-refractivity contribution in [2.45, 2.75) is 51.6 Å². The highest BCUT2D eigenvalue weighted by molar-refractivity contribution is 5.98. The van der Waals surface area contributed by atoms with E-state index < -0.39 is 0 Å². The van der Waals surface area contributed by atoms with E-state index in [0.717, 1.165) is 29.0 Å². The highest BCUT2D eigenvalue weighted by Gasteiger charge is 2.29. The number of aromatic nitrogens is 1. The number of carbonyl (C=O) groups excluding carboxylic acids is 2. The highest BCUT2D eigenvalue weighted by Crippen LogP contribution is 2.38. The first-order chi connectivity index (χ1) is 10.5. The van der Waals surface area contributed by atoms with Crippen LogP contribution in [0.3, 0.4) is 0 Å². The Kier molecular flexibility index (Phi) is 4.08. The Morgan fingerprint density at radius 2 is 1.91 bits per heavy atom. The minimum absolute atomic E-state index is 0.0521. The van der Waals surface area contributed by atoms with Crippen LogP contribution in [0.15, 0.2) is 6.07 Å². The SMILES string of the molecule is Cc1cc(C(=O)C[NH+](C)CC(=O)NC2CC2)c(C)n1C1CC1. The van der Waals surface area contributed by atoms with E-state index in [9.17, 15) is 9.59 Å². The predicted octanol–water partition coefficient (Wildman–Crippen LogP) is 0.416. The molecule has 1 unspecified atom stereocenters. The molecule has 5 nitrogen and oxygen atoms in total. The van der Waals surface area contributed by atoms with Gasteiger partial charge in [0.05, 0.1) is 7.05 Å². The van der Waals surface area contributed by atoms with Gasteiger partial charge in [-0.25, -0.2) is 0 Å². The van der Waals surface area contributed by atoms with E-state index >= 15 is 0 Å². The number of hydrogen-bond donors (Lipinski definition) is 2. The van der Waals surface area contributed by atoms with E-state index in [1.54, 1.807) is 0 Å². The molecule has 0 saturated heterocycles. The summed E-state index contributed by atoms with van der Waals surface area (Å²) in [5.41, 5.74) is 3.08. The summed E-state index contributed by atoms with van der Waals surface area (Å²) in [6.45, 7) is 4.84. The van der Waals surface area contributed by atoms with E-state index in [4.69, 9.17) is 0 Å². The molecule has 0 aromatic carbocycles. The monoisotopic (exact) mass is 304 g/mol. The lowest BCUT2D eigenvalue weighted by molar-refractivity contribution is -0.862. The van der Waals surface area contributed by atoms with Gasteiger partial charge in [-0.2, -0.15) is 0 Å². The maximum absolute atomic E-state index is 12.5. The Bertz CT molecular complexity index is 597. The number of likely N-dealkylation sites (N-methyl/N-ethyl adjacent to an activating group) is 1. The van der Waals surface area contributed by atoms with Gasteiger partial charge in [0.1, 0.15) is 6.54 Å². The molecule has 1 atom stereocenters. The van der Waals surface area contributed by atoms with E-state index in [-0.39, 0.29) is 11.7 Å². The van der Waals surface area contributed by atoms with Gasteiger partial charge in [0.2, 0.25) is 5.78 Å². The summed E-state index contributed by atoms with van der Waals surface area (Å²) in [6.07, 6.45) is 4.63. The molecule has 22 heavy (non-hydrogen) atoms. The first-order valence-corrected chi connectivity index (χ1v) is 8.28. The zero-order valence-electron chi connectivity index (χ0n) is 13.7. The number of rotatable bonds is 7. The lowest BCUT2D eigenvalue weighted by Crippen LogP contribution is -3.11. The summed E-state index contributed by atoms with van der Waals surface area (Å²) in [5, 5.41) is 2.97. The highest BCUT2D eigenvalue weighted by atomic mass is 16.2. The van der Waals surface area contributed by atoms with Crippen LogP contribution >= 0.6 is 0 Å². The van der Waals surface area contributed by atoms with Crippen LogP contribution in [0.5, 0.6) is 0 Å². The Labute approximate surface area is 131 Å². The fourth-order valence-corrected chi connectivity index (χ4v) is 3.17. The molecule has 2 N–H and O–H groups in total. The van der Waals surface area contributed by atoms with Gasteiger partial charge in [0.15, 0.2) is 6.54 Å². The molecule has 2 aliphatic rings. The molecule has 2 saturated carbocycles. The minimum Gasteiger partial charge on any atom is -0.348 e. The average Bonchev–Trinajstić information content (AvgIpc) is 3.31. The number of Topliss-reactive ketones (excluding diaryl/α,β-unsaturated/α-hetero) is 1. The van der Waals surface area contributed by atoms with Gasteiger partial charge in [-0.15, -0.1) is 0 Å². The molecule has 1 aromatic rings. The topological polar surface area (TPSA) is 55.5 Å². The van der Waals surface area contributed by atoms with Crippen molar-refractivity contribution in [1.29, 1.82) is 0 Å². The van der Waals surface area contributed by atoms with Crippen molar-refractivity contribution >= 4 is 11.7 Å². The van der Waals surface area contributed by atoms with Gasteiger partial charge in [-0.1, -0.05) is 0 Å². The molecule has 1 heterocycles. The average molecular weight is 304 g/mol. The van der Waals surface area contributed by atoms with Crippen molar-refractivity contribution in [2.24, 2.45) is 0 Å². The number of carbonyl (C=O) groups is 2. The van der Waals surface area contributed by atoms with E-state index in [1.807, 2.05) is 20.0 Å². The summed E-state index contributed by atoms with van der Waals surface area (Å²) >= 11 is 0. The quantitative estimate of drug-likeness (QED) is 0.717. The maximum Gasteiger partial charge on any atom is 0.275 e. The predicted molar refractivity (Wildman–Crippen MR) is 84.3 cm³/mol. The fourth-order valence-electron chi connectivity index (χ4n) is 3.17. The molecule has 0 bridgehead atoms. The second-order valence-electron chi connectivity index (χ2n) is 6.96.